The van der Waals surface area contributed by atoms with Gasteiger partial charge in [0.1, 0.15) is 7.28 Å². The Labute approximate surface area is 97.5 Å². The minimum absolute atomic E-state index is 0.947. The van der Waals surface area contributed by atoms with Crippen molar-refractivity contribution in [3.05, 3.63) is 0 Å². The van der Waals surface area contributed by atoms with Crippen LogP contribution in [0.1, 0.15) is 59.8 Å². The molecule has 1 aliphatic rings. The van der Waals surface area contributed by atoms with Crippen molar-refractivity contribution < 1.29 is 0 Å². The van der Waals surface area contributed by atoms with Gasteiger partial charge in [0, 0.05) is 0 Å². The lowest BCUT2D eigenvalue weighted by atomic mass is 9.55. The summed E-state index contributed by atoms with van der Waals surface area (Å²) >= 11 is 0. The molecule has 0 aromatic carbocycles. The minimum Gasteiger partial charge on any atom is -0.0746 e. The van der Waals surface area contributed by atoms with Gasteiger partial charge in [-0.1, -0.05) is 77.9 Å². The number of hydrogen-bond acceptors (Lipinski definition) is 0. The fourth-order valence-corrected chi connectivity index (χ4v) is 3.23. The Balaban J connectivity index is 2.26. The largest absolute Gasteiger partial charge is 0.124 e. The molecule has 1 fully saturated rings. The van der Waals surface area contributed by atoms with Crippen molar-refractivity contribution in [1.29, 1.82) is 0 Å². The van der Waals surface area contributed by atoms with Crippen LogP contribution in [0.4, 0.5) is 0 Å². The summed E-state index contributed by atoms with van der Waals surface area (Å²) in [4.78, 5) is 0. The van der Waals surface area contributed by atoms with E-state index in [2.05, 4.69) is 27.7 Å². The Bertz CT molecular complexity index is 167. The first kappa shape index (κ1) is 13.1. The van der Waals surface area contributed by atoms with Crippen LogP contribution in [0, 0.1) is 17.8 Å². The maximum absolute atomic E-state index is 2.51. The van der Waals surface area contributed by atoms with Crippen LogP contribution in [0.2, 0.25) is 12.1 Å². The van der Waals surface area contributed by atoms with E-state index in [4.69, 9.17) is 0 Å². The highest BCUT2D eigenvalue weighted by Gasteiger charge is 2.31. The maximum Gasteiger partial charge on any atom is 0.124 e. The van der Waals surface area contributed by atoms with E-state index < -0.39 is 0 Å². The molecule has 0 aromatic rings. The summed E-state index contributed by atoms with van der Waals surface area (Å²) in [6.45, 7) is 9.57. The molecule has 1 saturated carbocycles. The SMILES string of the molecule is CCCC1CCC(BCC(C)CC)C1C. The van der Waals surface area contributed by atoms with Crippen molar-refractivity contribution in [3.63, 3.8) is 0 Å². The van der Waals surface area contributed by atoms with Gasteiger partial charge in [0.2, 0.25) is 0 Å². The molecule has 1 aliphatic carbocycles. The normalized spacial score (nSPS) is 32.9. The van der Waals surface area contributed by atoms with Crippen LogP contribution in [-0.2, 0) is 0 Å². The second kappa shape index (κ2) is 6.61. The molecular weight excluding hydrogens is 179 g/mol. The van der Waals surface area contributed by atoms with Crippen molar-refractivity contribution >= 4 is 7.28 Å². The zero-order chi connectivity index (χ0) is 11.3. The summed E-state index contributed by atoms with van der Waals surface area (Å²) in [6, 6.07) is 0. The van der Waals surface area contributed by atoms with Gasteiger partial charge in [0.05, 0.1) is 0 Å². The third kappa shape index (κ3) is 3.85. The van der Waals surface area contributed by atoms with Crippen LogP contribution in [0.15, 0.2) is 0 Å². The summed E-state index contributed by atoms with van der Waals surface area (Å²) < 4.78 is 0. The molecule has 88 valence electrons. The first-order chi connectivity index (χ1) is 7.19. The molecule has 0 aliphatic heterocycles. The monoisotopic (exact) mass is 208 g/mol. The van der Waals surface area contributed by atoms with Crippen molar-refractivity contribution in [2.45, 2.75) is 71.9 Å². The fourth-order valence-electron chi connectivity index (χ4n) is 3.23. The zero-order valence-corrected chi connectivity index (χ0v) is 11.3. The van der Waals surface area contributed by atoms with E-state index in [0.29, 0.717) is 0 Å². The molecule has 0 radical (unpaired) electrons. The Morgan fingerprint density at radius 2 is 2.00 bits per heavy atom. The Hall–Kier alpha value is 0.0649. The number of rotatable bonds is 6. The highest BCUT2D eigenvalue weighted by Crippen LogP contribution is 2.43. The third-order valence-corrected chi connectivity index (χ3v) is 4.78. The lowest BCUT2D eigenvalue weighted by Gasteiger charge is -2.20. The van der Waals surface area contributed by atoms with E-state index in [0.717, 1.165) is 23.6 Å². The molecular formula is C14H29B. The molecule has 4 atom stereocenters. The third-order valence-electron chi connectivity index (χ3n) is 4.78. The average molecular weight is 208 g/mol. The second-order valence-electron chi connectivity index (χ2n) is 5.84. The smallest absolute Gasteiger partial charge is 0.0746 e. The van der Waals surface area contributed by atoms with Gasteiger partial charge in [-0.25, -0.2) is 0 Å². The van der Waals surface area contributed by atoms with Crippen molar-refractivity contribution in [2.24, 2.45) is 17.8 Å². The van der Waals surface area contributed by atoms with Gasteiger partial charge >= 0.3 is 0 Å². The van der Waals surface area contributed by atoms with E-state index in [9.17, 15) is 0 Å². The Kier molecular flexibility index (Phi) is 5.78. The van der Waals surface area contributed by atoms with Gasteiger partial charge < -0.3 is 0 Å². The van der Waals surface area contributed by atoms with Gasteiger partial charge in [-0.2, -0.15) is 0 Å². The highest BCUT2D eigenvalue weighted by molar-refractivity contribution is 6.37. The molecule has 0 aromatic heterocycles. The predicted molar refractivity (Wildman–Crippen MR) is 72.0 cm³/mol. The van der Waals surface area contributed by atoms with Gasteiger partial charge in [0.25, 0.3) is 0 Å². The summed E-state index contributed by atoms with van der Waals surface area (Å²) in [5.41, 5.74) is 0. The van der Waals surface area contributed by atoms with E-state index in [1.807, 2.05) is 0 Å². The molecule has 0 amide bonds. The zero-order valence-electron chi connectivity index (χ0n) is 11.3. The molecule has 0 saturated heterocycles. The lowest BCUT2D eigenvalue weighted by molar-refractivity contribution is 0.386. The van der Waals surface area contributed by atoms with Crippen molar-refractivity contribution in [3.8, 4) is 0 Å². The van der Waals surface area contributed by atoms with Crippen LogP contribution < -0.4 is 0 Å². The van der Waals surface area contributed by atoms with Crippen LogP contribution in [0.5, 0.6) is 0 Å². The summed E-state index contributed by atoms with van der Waals surface area (Å²) in [6.07, 6.45) is 8.71. The molecule has 0 spiro atoms. The molecule has 0 bridgehead atoms. The van der Waals surface area contributed by atoms with E-state index >= 15 is 0 Å². The molecule has 0 N–H and O–H groups in total. The molecule has 0 nitrogen and oxygen atoms in total. The van der Waals surface area contributed by atoms with Gasteiger partial charge in [-0.15, -0.1) is 0 Å². The topological polar surface area (TPSA) is 0 Å². The number of hydrogen-bond donors (Lipinski definition) is 0. The van der Waals surface area contributed by atoms with E-state index in [1.54, 1.807) is 0 Å². The average Bonchev–Trinajstić information content (AvgIpc) is 2.58. The molecule has 0 heterocycles. The summed E-state index contributed by atoms with van der Waals surface area (Å²) in [5, 5.41) is 0. The first-order valence-corrected chi connectivity index (χ1v) is 7.19. The molecule has 15 heavy (non-hydrogen) atoms. The lowest BCUT2D eigenvalue weighted by Crippen LogP contribution is -2.13. The summed E-state index contributed by atoms with van der Waals surface area (Å²) in [5.74, 6) is 4.06. The van der Waals surface area contributed by atoms with E-state index in [-0.39, 0.29) is 0 Å². The van der Waals surface area contributed by atoms with E-state index in [1.165, 1.54) is 45.7 Å². The van der Waals surface area contributed by atoms with Crippen LogP contribution in [0.25, 0.3) is 0 Å². The molecule has 1 heteroatoms. The fraction of sp³-hybridized carbons (Fsp3) is 1.00. The Morgan fingerprint density at radius 1 is 1.27 bits per heavy atom. The van der Waals surface area contributed by atoms with Gasteiger partial charge in [-0.05, 0) is 11.8 Å². The van der Waals surface area contributed by atoms with Crippen molar-refractivity contribution in [2.75, 3.05) is 0 Å². The van der Waals surface area contributed by atoms with Gasteiger partial charge in [0.15, 0.2) is 0 Å². The van der Waals surface area contributed by atoms with Crippen molar-refractivity contribution in [1.82, 2.24) is 0 Å². The predicted octanol–water partition coefficient (Wildman–Crippen LogP) is 4.52. The standard InChI is InChI=1S/C14H29B/c1-5-7-13-8-9-14(12(13)4)15-10-11(3)6-2/h11-15H,5-10H2,1-4H3. The maximum atomic E-state index is 2.51. The van der Waals surface area contributed by atoms with Crippen LogP contribution in [0.3, 0.4) is 0 Å². The van der Waals surface area contributed by atoms with Crippen LogP contribution >= 0.6 is 0 Å². The quantitative estimate of drug-likeness (QED) is 0.563. The Morgan fingerprint density at radius 3 is 2.60 bits per heavy atom. The molecule has 4 unspecified atom stereocenters. The van der Waals surface area contributed by atoms with Gasteiger partial charge in [-0.3, -0.25) is 0 Å². The summed E-state index contributed by atoms with van der Waals surface area (Å²) in [7, 11) is 1.50. The van der Waals surface area contributed by atoms with Crippen LogP contribution in [-0.4, -0.2) is 7.28 Å². The minimum atomic E-state index is 0.947. The highest BCUT2D eigenvalue weighted by atomic mass is 14.3. The molecule has 1 rings (SSSR count). The first-order valence-electron chi connectivity index (χ1n) is 7.19. The second-order valence-corrected chi connectivity index (χ2v) is 5.84.